The predicted octanol–water partition coefficient (Wildman–Crippen LogP) is 4.80. The van der Waals surface area contributed by atoms with Crippen molar-refractivity contribution in [3.63, 3.8) is 0 Å². The molecule has 0 radical (unpaired) electrons. The van der Waals surface area contributed by atoms with E-state index in [0.29, 0.717) is 10.6 Å². The smallest absolute Gasteiger partial charge is 0.231 e. The van der Waals surface area contributed by atoms with Gasteiger partial charge in [0.2, 0.25) is 5.91 Å². The molecule has 2 heterocycles. The maximum absolute atomic E-state index is 12.5. The highest BCUT2D eigenvalue weighted by molar-refractivity contribution is 7.16. The standard InChI is InChI=1S/C20H17N3OS2/c21-11-16-15-8-4-5-9-17(15)26-20(16)23-18(24)10-14-12-25-19(22-14)13-6-2-1-3-7-13/h1-3,6-7,12H,4-5,8-10H2,(H,23,24). The van der Waals surface area contributed by atoms with Crippen LogP contribution in [0.4, 0.5) is 5.00 Å². The second-order valence-corrected chi connectivity index (χ2v) is 8.23. The first-order chi connectivity index (χ1) is 12.7. The molecule has 1 aromatic carbocycles. The summed E-state index contributed by atoms with van der Waals surface area (Å²) < 4.78 is 0. The molecule has 0 atom stereocenters. The SMILES string of the molecule is N#Cc1c(NC(=O)Cc2csc(-c3ccccc3)n2)sc2c1CCCC2. The molecule has 4 nitrogen and oxygen atoms in total. The van der Waals surface area contributed by atoms with E-state index < -0.39 is 0 Å². The van der Waals surface area contributed by atoms with Crippen molar-refractivity contribution in [3.8, 4) is 16.6 Å². The van der Waals surface area contributed by atoms with Gasteiger partial charge in [0.05, 0.1) is 17.7 Å². The number of hydrogen-bond acceptors (Lipinski definition) is 5. The van der Waals surface area contributed by atoms with Crippen molar-refractivity contribution in [2.24, 2.45) is 0 Å². The molecule has 26 heavy (non-hydrogen) atoms. The summed E-state index contributed by atoms with van der Waals surface area (Å²) in [6.45, 7) is 0. The van der Waals surface area contributed by atoms with Crippen molar-refractivity contribution in [2.45, 2.75) is 32.1 Å². The second kappa shape index (κ2) is 7.40. The highest BCUT2D eigenvalue weighted by Gasteiger charge is 2.22. The Bertz CT molecular complexity index is 982. The molecule has 1 aliphatic rings. The van der Waals surface area contributed by atoms with Crippen LogP contribution in [0.3, 0.4) is 0 Å². The first kappa shape index (κ1) is 17.0. The maximum atomic E-state index is 12.5. The fourth-order valence-corrected chi connectivity index (χ4v) is 5.29. The Kier molecular flexibility index (Phi) is 4.83. The van der Waals surface area contributed by atoms with E-state index in [9.17, 15) is 10.1 Å². The van der Waals surface area contributed by atoms with E-state index in [2.05, 4.69) is 16.4 Å². The van der Waals surface area contributed by atoms with Gasteiger partial charge in [-0.3, -0.25) is 4.79 Å². The van der Waals surface area contributed by atoms with E-state index >= 15 is 0 Å². The largest absolute Gasteiger partial charge is 0.316 e. The third-order valence-electron chi connectivity index (χ3n) is 4.45. The third-order valence-corrected chi connectivity index (χ3v) is 6.60. The van der Waals surface area contributed by atoms with Crippen LogP contribution in [-0.2, 0) is 24.1 Å². The Morgan fingerprint density at radius 2 is 2.04 bits per heavy atom. The number of thiazole rings is 1. The lowest BCUT2D eigenvalue weighted by Crippen LogP contribution is -2.14. The Balaban J connectivity index is 1.48. The van der Waals surface area contributed by atoms with Gasteiger partial charge in [-0.25, -0.2) is 4.98 Å². The number of nitriles is 1. The molecule has 0 spiro atoms. The predicted molar refractivity (Wildman–Crippen MR) is 106 cm³/mol. The van der Waals surface area contributed by atoms with Crippen LogP contribution < -0.4 is 5.32 Å². The van der Waals surface area contributed by atoms with Gasteiger partial charge in [0.15, 0.2) is 0 Å². The van der Waals surface area contributed by atoms with E-state index in [1.807, 2.05) is 35.7 Å². The molecule has 6 heteroatoms. The highest BCUT2D eigenvalue weighted by Crippen LogP contribution is 2.37. The molecule has 0 unspecified atom stereocenters. The van der Waals surface area contributed by atoms with Crippen molar-refractivity contribution in [1.82, 2.24) is 4.98 Å². The summed E-state index contributed by atoms with van der Waals surface area (Å²) in [6, 6.07) is 12.2. The first-order valence-electron chi connectivity index (χ1n) is 8.59. The van der Waals surface area contributed by atoms with Crippen molar-refractivity contribution in [3.05, 3.63) is 57.4 Å². The topological polar surface area (TPSA) is 65.8 Å². The van der Waals surface area contributed by atoms with Gasteiger partial charge in [-0.1, -0.05) is 30.3 Å². The van der Waals surface area contributed by atoms with Crippen LogP contribution in [0, 0.1) is 11.3 Å². The summed E-state index contributed by atoms with van der Waals surface area (Å²) in [7, 11) is 0. The number of nitrogens with one attached hydrogen (secondary N) is 1. The number of aryl methyl sites for hydroxylation is 1. The van der Waals surface area contributed by atoms with E-state index in [4.69, 9.17) is 0 Å². The van der Waals surface area contributed by atoms with Crippen LogP contribution in [0.2, 0.25) is 0 Å². The number of nitrogens with zero attached hydrogens (tertiary/aromatic N) is 2. The van der Waals surface area contributed by atoms with Gasteiger partial charge >= 0.3 is 0 Å². The zero-order valence-electron chi connectivity index (χ0n) is 14.1. The summed E-state index contributed by atoms with van der Waals surface area (Å²) in [5.41, 5.74) is 3.61. The number of hydrogen-bond donors (Lipinski definition) is 1. The van der Waals surface area contributed by atoms with E-state index in [-0.39, 0.29) is 12.3 Å². The Morgan fingerprint density at radius 3 is 2.85 bits per heavy atom. The Morgan fingerprint density at radius 1 is 1.23 bits per heavy atom. The van der Waals surface area contributed by atoms with E-state index in [1.54, 1.807) is 11.3 Å². The fourth-order valence-electron chi connectivity index (χ4n) is 3.21. The van der Waals surface area contributed by atoms with Gasteiger partial charge < -0.3 is 5.32 Å². The minimum atomic E-state index is -0.120. The summed E-state index contributed by atoms with van der Waals surface area (Å²) >= 11 is 3.10. The Labute approximate surface area is 160 Å². The number of rotatable bonds is 4. The molecule has 0 saturated carbocycles. The van der Waals surface area contributed by atoms with Gasteiger partial charge in [-0.15, -0.1) is 22.7 Å². The molecule has 1 N–H and O–H groups in total. The van der Waals surface area contributed by atoms with Gasteiger partial charge in [0, 0.05) is 15.8 Å². The summed E-state index contributed by atoms with van der Waals surface area (Å²) in [6.07, 6.45) is 4.45. The van der Waals surface area contributed by atoms with Crippen LogP contribution in [0.25, 0.3) is 10.6 Å². The van der Waals surface area contributed by atoms with Crippen LogP contribution in [-0.4, -0.2) is 10.9 Å². The second-order valence-electron chi connectivity index (χ2n) is 6.26. The van der Waals surface area contributed by atoms with Gasteiger partial charge in [-0.2, -0.15) is 5.26 Å². The minimum Gasteiger partial charge on any atom is -0.316 e. The average Bonchev–Trinajstić information content (AvgIpc) is 3.26. The van der Waals surface area contributed by atoms with Gasteiger partial charge in [-0.05, 0) is 31.2 Å². The fraction of sp³-hybridized carbons (Fsp3) is 0.250. The number of carbonyl (C=O) groups is 1. The number of fused-ring (bicyclic) bond motifs is 1. The Hall–Kier alpha value is -2.49. The highest BCUT2D eigenvalue weighted by atomic mass is 32.1. The molecule has 0 bridgehead atoms. The van der Waals surface area contributed by atoms with Crippen molar-refractivity contribution in [1.29, 1.82) is 5.26 Å². The number of thiophene rings is 1. The molecular weight excluding hydrogens is 362 g/mol. The number of benzene rings is 1. The lowest BCUT2D eigenvalue weighted by molar-refractivity contribution is -0.115. The molecule has 4 rings (SSSR count). The molecule has 130 valence electrons. The van der Waals surface area contributed by atoms with Crippen LogP contribution in [0.5, 0.6) is 0 Å². The maximum Gasteiger partial charge on any atom is 0.231 e. The zero-order valence-corrected chi connectivity index (χ0v) is 15.8. The van der Waals surface area contributed by atoms with Crippen LogP contribution >= 0.6 is 22.7 Å². The zero-order chi connectivity index (χ0) is 17.9. The van der Waals surface area contributed by atoms with Gasteiger partial charge in [0.1, 0.15) is 16.1 Å². The van der Waals surface area contributed by atoms with Crippen molar-refractivity contribution < 1.29 is 4.79 Å². The van der Waals surface area contributed by atoms with Gasteiger partial charge in [0.25, 0.3) is 0 Å². The molecule has 3 aromatic rings. The molecule has 2 aromatic heterocycles. The van der Waals surface area contributed by atoms with Crippen LogP contribution in [0.15, 0.2) is 35.7 Å². The monoisotopic (exact) mass is 379 g/mol. The van der Waals surface area contributed by atoms with E-state index in [1.165, 1.54) is 16.2 Å². The number of amides is 1. The summed E-state index contributed by atoms with van der Waals surface area (Å²) in [4.78, 5) is 18.3. The number of carbonyl (C=O) groups excluding carboxylic acids is 1. The molecule has 0 saturated heterocycles. The van der Waals surface area contributed by atoms with Crippen molar-refractivity contribution >= 4 is 33.6 Å². The van der Waals surface area contributed by atoms with Crippen molar-refractivity contribution in [2.75, 3.05) is 5.32 Å². The first-order valence-corrected chi connectivity index (χ1v) is 10.3. The number of anilines is 1. The quantitative estimate of drug-likeness (QED) is 0.708. The third kappa shape index (κ3) is 3.41. The van der Waals surface area contributed by atoms with E-state index in [0.717, 1.165) is 47.5 Å². The average molecular weight is 380 g/mol. The van der Waals surface area contributed by atoms with Crippen LogP contribution in [0.1, 0.15) is 34.5 Å². The summed E-state index contributed by atoms with van der Waals surface area (Å²) in [5, 5.41) is 16.0. The minimum absolute atomic E-state index is 0.120. The number of aromatic nitrogens is 1. The normalized spacial score (nSPS) is 13.0. The molecule has 1 aliphatic carbocycles. The molecule has 0 aliphatic heterocycles. The lowest BCUT2D eigenvalue weighted by atomic mass is 9.96. The summed E-state index contributed by atoms with van der Waals surface area (Å²) in [5.74, 6) is -0.120. The lowest BCUT2D eigenvalue weighted by Gasteiger charge is -2.09. The molecular formula is C20H17N3OS2. The molecule has 1 amide bonds. The molecule has 0 fully saturated rings.